The van der Waals surface area contributed by atoms with Gasteiger partial charge in [0, 0.05) is 21.7 Å². The number of anilines is 1. The summed E-state index contributed by atoms with van der Waals surface area (Å²) in [6.07, 6.45) is -0.734. The number of halogens is 1. The van der Waals surface area contributed by atoms with Crippen molar-refractivity contribution in [3.63, 3.8) is 0 Å². The summed E-state index contributed by atoms with van der Waals surface area (Å²) in [6, 6.07) is 17.7. The van der Waals surface area contributed by atoms with Crippen molar-refractivity contribution in [2.24, 2.45) is 5.16 Å². The first-order valence-corrected chi connectivity index (χ1v) is 7.91. The van der Waals surface area contributed by atoms with E-state index in [0.717, 1.165) is 5.39 Å². The number of nitrogens with one attached hydrogen (secondary N) is 1. The molecule has 0 aliphatic heterocycles. The number of nitrogens with zero attached hydrogens (tertiary/aromatic N) is 1. The quantitative estimate of drug-likeness (QED) is 0.387. The summed E-state index contributed by atoms with van der Waals surface area (Å²) in [5, 5.41) is 18.9. The number of benzene rings is 3. The van der Waals surface area contributed by atoms with Crippen LogP contribution in [-0.4, -0.2) is 16.9 Å². The maximum Gasteiger partial charge on any atom is 0.437 e. The van der Waals surface area contributed by atoms with E-state index in [2.05, 4.69) is 10.5 Å². The lowest BCUT2D eigenvalue weighted by atomic mass is 10.0. The van der Waals surface area contributed by atoms with Crippen LogP contribution < -0.4 is 5.32 Å². The van der Waals surface area contributed by atoms with Gasteiger partial charge in [0.15, 0.2) is 0 Å². The van der Waals surface area contributed by atoms with Crippen LogP contribution in [0.15, 0.2) is 65.8 Å². The molecule has 0 aromatic heterocycles. The highest BCUT2D eigenvalue weighted by molar-refractivity contribution is 6.30. The molecule has 0 radical (unpaired) electrons. The Labute approximate surface area is 149 Å². The van der Waals surface area contributed by atoms with E-state index in [1.165, 1.54) is 0 Å². The van der Waals surface area contributed by atoms with Gasteiger partial charge in [-0.2, -0.15) is 0 Å². The third-order valence-corrected chi connectivity index (χ3v) is 3.90. The Bertz CT molecular complexity index is 953. The zero-order chi connectivity index (χ0) is 17.8. The van der Waals surface area contributed by atoms with Gasteiger partial charge in [-0.1, -0.05) is 47.1 Å². The maximum atomic E-state index is 11.8. The van der Waals surface area contributed by atoms with Crippen molar-refractivity contribution in [2.45, 2.75) is 6.92 Å². The van der Waals surface area contributed by atoms with Crippen molar-refractivity contribution in [2.75, 3.05) is 5.32 Å². The van der Waals surface area contributed by atoms with Gasteiger partial charge in [0.25, 0.3) is 0 Å². The number of hydrogen-bond donors (Lipinski definition) is 2. The highest BCUT2D eigenvalue weighted by Gasteiger charge is 2.10. The summed E-state index contributed by atoms with van der Waals surface area (Å²) in [4.78, 5) is 16.6. The second kappa shape index (κ2) is 7.23. The molecule has 25 heavy (non-hydrogen) atoms. The van der Waals surface area contributed by atoms with Crippen LogP contribution in [0.3, 0.4) is 0 Å². The Morgan fingerprint density at radius 3 is 2.56 bits per heavy atom. The van der Waals surface area contributed by atoms with Crippen molar-refractivity contribution in [3.8, 4) is 5.75 Å². The van der Waals surface area contributed by atoms with Gasteiger partial charge < -0.3 is 5.11 Å². The maximum absolute atomic E-state index is 11.8. The fourth-order valence-electron chi connectivity index (χ4n) is 2.38. The average Bonchev–Trinajstić information content (AvgIpc) is 2.62. The summed E-state index contributed by atoms with van der Waals surface area (Å²) in [5.41, 5.74) is 1.42. The smallest absolute Gasteiger partial charge is 0.437 e. The topological polar surface area (TPSA) is 70.9 Å². The van der Waals surface area contributed by atoms with Gasteiger partial charge in [0.1, 0.15) is 5.75 Å². The highest BCUT2D eigenvalue weighted by atomic mass is 35.5. The van der Waals surface area contributed by atoms with Crippen molar-refractivity contribution >= 4 is 39.9 Å². The molecule has 1 amide bonds. The lowest BCUT2D eigenvalue weighted by molar-refractivity contribution is 0.166. The van der Waals surface area contributed by atoms with Crippen LogP contribution in [0, 0.1) is 0 Å². The molecule has 0 fully saturated rings. The third kappa shape index (κ3) is 3.89. The van der Waals surface area contributed by atoms with Gasteiger partial charge in [-0.3, -0.25) is 10.2 Å². The van der Waals surface area contributed by atoms with E-state index >= 15 is 0 Å². The Kier molecular flexibility index (Phi) is 4.86. The number of hydrogen-bond acceptors (Lipinski definition) is 4. The first-order valence-electron chi connectivity index (χ1n) is 7.54. The number of phenolic OH excluding ortho intramolecular Hbond substituents is 1. The van der Waals surface area contributed by atoms with Crippen LogP contribution in [-0.2, 0) is 4.84 Å². The summed E-state index contributed by atoms with van der Waals surface area (Å²) in [6.45, 7) is 1.65. The first-order chi connectivity index (χ1) is 12.0. The number of carbonyl (C=O) groups is 1. The normalized spacial score (nSPS) is 11.4. The number of oxime groups is 1. The van der Waals surface area contributed by atoms with Crippen molar-refractivity contribution in [1.29, 1.82) is 0 Å². The van der Waals surface area contributed by atoms with Gasteiger partial charge in [-0.25, -0.2) is 4.79 Å². The molecule has 0 spiro atoms. The van der Waals surface area contributed by atoms with Gasteiger partial charge in [0.2, 0.25) is 0 Å². The summed E-state index contributed by atoms with van der Waals surface area (Å²) in [7, 11) is 0. The van der Waals surface area contributed by atoms with E-state index in [4.69, 9.17) is 16.4 Å². The molecule has 0 unspecified atom stereocenters. The Morgan fingerprint density at radius 2 is 1.80 bits per heavy atom. The zero-order valence-electron chi connectivity index (χ0n) is 13.4. The Hall–Kier alpha value is -3.05. The molecule has 0 aliphatic carbocycles. The number of carbonyl (C=O) groups excluding carboxylic acids is 1. The fraction of sp³-hybridized carbons (Fsp3) is 0.0526. The molecule has 5 nitrogen and oxygen atoms in total. The monoisotopic (exact) mass is 354 g/mol. The van der Waals surface area contributed by atoms with E-state index in [9.17, 15) is 9.90 Å². The van der Waals surface area contributed by atoms with E-state index in [-0.39, 0.29) is 5.75 Å². The average molecular weight is 355 g/mol. The van der Waals surface area contributed by atoms with E-state index in [1.54, 1.807) is 37.3 Å². The van der Waals surface area contributed by atoms with Crippen LogP contribution in [0.2, 0.25) is 5.02 Å². The van der Waals surface area contributed by atoms with E-state index in [1.807, 2.05) is 30.3 Å². The second-order valence-corrected chi connectivity index (χ2v) is 5.81. The summed E-state index contributed by atoms with van der Waals surface area (Å²) < 4.78 is 0. The Morgan fingerprint density at radius 1 is 1.08 bits per heavy atom. The number of aromatic hydroxyl groups is 1. The standard InChI is InChI=1S/C19H15ClN2O3/c1-12(16-11-6-13-4-2-3-5-17(13)18(16)23)22-25-19(24)21-15-9-7-14(20)8-10-15/h2-11,23H,1H3,(H,21,24). The summed E-state index contributed by atoms with van der Waals surface area (Å²) in [5.74, 6) is 0.0982. The van der Waals surface area contributed by atoms with Gasteiger partial charge >= 0.3 is 6.09 Å². The van der Waals surface area contributed by atoms with Crippen LogP contribution >= 0.6 is 11.6 Å². The molecule has 3 aromatic rings. The van der Waals surface area contributed by atoms with Crippen LogP contribution in [0.1, 0.15) is 12.5 Å². The molecule has 0 bridgehead atoms. The molecule has 126 valence electrons. The molecule has 0 heterocycles. The van der Waals surface area contributed by atoms with Gasteiger partial charge in [-0.05, 0) is 42.6 Å². The minimum atomic E-state index is -0.734. The van der Waals surface area contributed by atoms with E-state index < -0.39 is 6.09 Å². The number of rotatable bonds is 3. The molecule has 0 atom stereocenters. The predicted molar refractivity (Wildman–Crippen MR) is 99.4 cm³/mol. The van der Waals surface area contributed by atoms with Crippen LogP contribution in [0.25, 0.3) is 10.8 Å². The molecule has 6 heteroatoms. The molecule has 3 rings (SSSR count). The fourth-order valence-corrected chi connectivity index (χ4v) is 2.51. The largest absolute Gasteiger partial charge is 0.507 e. The number of phenols is 1. The molecular formula is C19H15ClN2O3. The SMILES string of the molecule is CC(=NOC(=O)Nc1ccc(Cl)cc1)c1ccc2ccccc2c1O. The lowest BCUT2D eigenvalue weighted by Crippen LogP contribution is -2.11. The molecule has 2 N–H and O–H groups in total. The minimum absolute atomic E-state index is 0.0982. The molecule has 0 saturated heterocycles. The summed E-state index contributed by atoms with van der Waals surface area (Å²) >= 11 is 5.79. The van der Waals surface area contributed by atoms with Crippen LogP contribution in [0.5, 0.6) is 5.75 Å². The lowest BCUT2D eigenvalue weighted by Gasteiger charge is -2.08. The molecular weight excluding hydrogens is 340 g/mol. The minimum Gasteiger partial charge on any atom is -0.507 e. The predicted octanol–water partition coefficient (Wildman–Crippen LogP) is 5.17. The Balaban J connectivity index is 1.74. The van der Waals surface area contributed by atoms with Gasteiger partial charge in [0.05, 0.1) is 5.71 Å². The molecule has 0 aliphatic rings. The number of amides is 1. The van der Waals surface area contributed by atoms with Crippen LogP contribution in [0.4, 0.5) is 10.5 Å². The number of fused-ring (bicyclic) bond motifs is 1. The highest BCUT2D eigenvalue weighted by Crippen LogP contribution is 2.29. The first kappa shape index (κ1) is 16.8. The van der Waals surface area contributed by atoms with Crippen molar-refractivity contribution in [3.05, 3.63) is 71.2 Å². The zero-order valence-corrected chi connectivity index (χ0v) is 14.1. The van der Waals surface area contributed by atoms with Crippen molar-refractivity contribution in [1.82, 2.24) is 0 Å². The molecule has 0 saturated carbocycles. The van der Waals surface area contributed by atoms with E-state index in [0.29, 0.717) is 27.4 Å². The second-order valence-electron chi connectivity index (χ2n) is 5.37. The van der Waals surface area contributed by atoms with Gasteiger partial charge in [-0.15, -0.1) is 0 Å². The van der Waals surface area contributed by atoms with Crippen molar-refractivity contribution < 1.29 is 14.7 Å². The molecule has 3 aromatic carbocycles. The third-order valence-electron chi connectivity index (χ3n) is 3.65.